The normalized spacial score (nSPS) is 11.0. The van der Waals surface area contributed by atoms with Crippen molar-refractivity contribution in [2.75, 3.05) is 5.32 Å². The molecule has 4 nitrogen and oxygen atoms in total. The Morgan fingerprint density at radius 2 is 1.29 bits per heavy atom. The van der Waals surface area contributed by atoms with Crippen LogP contribution in [0.4, 0.5) is 5.69 Å². The SMILES string of the molecule is N#C/C(=C/Nc1ccccc1Sc1ccccc1)C(=O)NC(c1ccccc1)c1ccccc1. The molecule has 0 saturated heterocycles. The minimum absolute atomic E-state index is 0.00336. The van der Waals surface area contributed by atoms with Crippen molar-refractivity contribution in [2.24, 2.45) is 0 Å². The zero-order valence-corrected chi connectivity index (χ0v) is 19.2. The van der Waals surface area contributed by atoms with Gasteiger partial charge >= 0.3 is 0 Å². The molecule has 0 heterocycles. The topological polar surface area (TPSA) is 64.9 Å². The van der Waals surface area contributed by atoms with Crippen LogP contribution in [0, 0.1) is 11.3 Å². The fourth-order valence-electron chi connectivity index (χ4n) is 3.45. The molecular formula is C29H23N3OS. The lowest BCUT2D eigenvalue weighted by molar-refractivity contribution is -0.117. The van der Waals surface area contributed by atoms with E-state index in [1.807, 2.05) is 121 Å². The third-order valence-corrected chi connectivity index (χ3v) is 6.22. The fraction of sp³-hybridized carbons (Fsp3) is 0.0345. The number of rotatable bonds is 8. The van der Waals surface area contributed by atoms with Crippen molar-refractivity contribution in [3.8, 4) is 6.07 Å². The Bertz CT molecular complexity index is 1260. The molecule has 166 valence electrons. The third kappa shape index (κ3) is 5.94. The number of anilines is 1. The number of nitrogens with one attached hydrogen (secondary N) is 2. The van der Waals surface area contributed by atoms with Gasteiger partial charge in [-0.2, -0.15) is 5.26 Å². The summed E-state index contributed by atoms with van der Waals surface area (Å²) >= 11 is 1.61. The molecule has 0 fully saturated rings. The van der Waals surface area contributed by atoms with Gasteiger partial charge in [-0.3, -0.25) is 4.79 Å². The molecule has 34 heavy (non-hydrogen) atoms. The van der Waals surface area contributed by atoms with Gasteiger partial charge in [0, 0.05) is 16.0 Å². The molecule has 0 aliphatic rings. The monoisotopic (exact) mass is 461 g/mol. The van der Waals surface area contributed by atoms with E-state index in [1.165, 1.54) is 6.20 Å². The van der Waals surface area contributed by atoms with Crippen molar-refractivity contribution in [2.45, 2.75) is 15.8 Å². The molecule has 0 aliphatic carbocycles. The molecule has 0 atom stereocenters. The Morgan fingerprint density at radius 1 is 0.765 bits per heavy atom. The van der Waals surface area contributed by atoms with E-state index in [-0.39, 0.29) is 11.6 Å². The third-order valence-electron chi connectivity index (χ3n) is 5.14. The lowest BCUT2D eigenvalue weighted by Crippen LogP contribution is -2.30. The van der Waals surface area contributed by atoms with Crippen LogP contribution in [-0.4, -0.2) is 5.91 Å². The van der Waals surface area contributed by atoms with Crippen LogP contribution in [0.1, 0.15) is 17.2 Å². The van der Waals surface area contributed by atoms with E-state index < -0.39 is 5.91 Å². The maximum atomic E-state index is 13.1. The highest BCUT2D eigenvalue weighted by molar-refractivity contribution is 7.99. The van der Waals surface area contributed by atoms with Crippen LogP contribution in [0.3, 0.4) is 0 Å². The molecule has 1 amide bonds. The minimum Gasteiger partial charge on any atom is -0.359 e. The van der Waals surface area contributed by atoms with E-state index in [1.54, 1.807) is 11.8 Å². The second-order valence-electron chi connectivity index (χ2n) is 7.45. The standard InChI is InChI=1S/C29H23N3OS/c30-20-24(21-31-26-18-10-11-19-27(26)34-25-16-8-3-9-17-25)29(33)32-28(22-12-4-1-5-13-22)23-14-6-2-7-15-23/h1-19,21,28,31H,(H,32,33)/b24-21-. The van der Waals surface area contributed by atoms with Crippen LogP contribution in [0.15, 0.2) is 137 Å². The summed E-state index contributed by atoms with van der Waals surface area (Å²) in [6.07, 6.45) is 1.47. The number of hydrogen-bond donors (Lipinski definition) is 2. The Hall–Kier alpha value is -4.27. The summed E-state index contributed by atoms with van der Waals surface area (Å²) in [5.74, 6) is -0.444. The summed E-state index contributed by atoms with van der Waals surface area (Å²) in [4.78, 5) is 15.2. The van der Waals surface area contributed by atoms with Gasteiger partial charge in [-0.1, -0.05) is 103 Å². The van der Waals surface area contributed by atoms with Gasteiger partial charge in [-0.15, -0.1) is 0 Å². The second kappa shape index (κ2) is 11.6. The van der Waals surface area contributed by atoms with E-state index >= 15 is 0 Å². The van der Waals surface area contributed by atoms with Gasteiger partial charge < -0.3 is 10.6 Å². The van der Waals surface area contributed by atoms with Crippen molar-refractivity contribution in [1.82, 2.24) is 5.32 Å². The first-order chi connectivity index (χ1) is 16.7. The Morgan fingerprint density at radius 3 is 1.88 bits per heavy atom. The number of nitrogens with zero attached hydrogens (tertiary/aromatic N) is 1. The summed E-state index contributed by atoms with van der Waals surface area (Å²) in [5.41, 5.74) is 2.70. The van der Waals surface area contributed by atoms with E-state index in [2.05, 4.69) is 10.6 Å². The Kier molecular flexibility index (Phi) is 7.78. The predicted molar refractivity (Wildman–Crippen MR) is 137 cm³/mol. The summed E-state index contributed by atoms with van der Waals surface area (Å²) < 4.78 is 0. The van der Waals surface area contributed by atoms with Crippen molar-refractivity contribution >= 4 is 23.4 Å². The lowest BCUT2D eigenvalue weighted by Gasteiger charge is -2.19. The van der Waals surface area contributed by atoms with Gasteiger partial charge in [-0.05, 0) is 35.4 Å². The van der Waals surface area contributed by atoms with Gasteiger partial charge in [0.15, 0.2) is 0 Å². The van der Waals surface area contributed by atoms with Crippen LogP contribution in [0.2, 0.25) is 0 Å². The molecule has 0 spiro atoms. The van der Waals surface area contributed by atoms with E-state index in [0.717, 1.165) is 26.6 Å². The quantitative estimate of drug-likeness (QED) is 0.230. The number of carbonyl (C=O) groups excluding carboxylic acids is 1. The number of carbonyl (C=O) groups is 1. The first-order valence-corrected chi connectivity index (χ1v) is 11.7. The molecule has 4 aromatic rings. The van der Waals surface area contributed by atoms with Crippen LogP contribution in [-0.2, 0) is 4.79 Å². The molecule has 0 saturated carbocycles. The van der Waals surface area contributed by atoms with Crippen LogP contribution >= 0.6 is 11.8 Å². The first-order valence-electron chi connectivity index (χ1n) is 10.8. The van der Waals surface area contributed by atoms with Gasteiger partial charge in [0.2, 0.25) is 0 Å². The smallest absolute Gasteiger partial charge is 0.264 e. The molecule has 0 unspecified atom stereocenters. The molecule has 4 rings (SSSR count). The molecule has 0 radical (unpaired) electrons. The number of hydrogen-bond acceptors (Lipinski definition) is 4. The Labute approximate surface area is 204 Å². The highest BCUT2D eigenvalue weighted by Crippen LogP contribution is 2.33. The van der Waals surface area contributed by atoms with Gasteiger partial charge in [-0.25, -0.2) is 0 Å². The average molecular weight is 462 g/mol. The van der Waals surface area contributed by atoms with Gasteiger partial charge in [0.05, 0.1) is 11.7 Å². The summed E-state index contributed by atoms with van der Waals surface area (Å²) in [6, 6.07) is 38.9. The number of benzene rings is 4. The maximum Gasteiger partial charge on any atom is 0.264 e. The van der Waals surface area contributed by atoms with Crippen LogP contribution < -0.4 is 10.6 Å². The van der Waals surface area contributed by atoms with Gasteiger partial charge in [0.25, 0.3) is 5.91 Å². The summed E-state index contributed by atoms with van der Waals surface area (Å²) in [6.45, 7) is 0. The highest BCUT2D eigenvalue weighted by atomic mass is 32.2. The molecule has 2 N–H and O–H groups in total. The van der Waals surface area contributed by atoms with Crippen LogP contribution in [0.25, 0.3) is 0 Å². The highest BCUT2D eigenvalue weighted by Gasteiger charge is 2.19. The maximum absolute atomic E-state index is 13.1. The van der Waals surface area contributed by atoms with Crippen molar-refractivity contribution in [3.05, 3.63) is 138 Å². The lowest BCUT2D eigenvalue weighted by atomic mass is 9.98. The van der Waals surface area contributed by atoms with Crippen molar-refractivity contribution < 1.29 is 4.79 Å². The zero-order chi connectivity index (χ0) is 23.6. The number of nitriles is 1. The molecule has 4 aromatic carbocycles. The first kappa shape index (κ1) is 22.9. The van der Waals surface area contributed by atoms with Gasteiger partial charge in [0.1, 0.15) is 11.6 Å². The predicted octanol–water partition coefficient (Wildman–Crippen LogP) is 6.56. The van der Waals surface area contributed by atoms with Crippen molar-refractivity contribution in [3.63, 3.8) is 0 Å². The Balaban J connectivity index is 1.54. The molecule has 0 aliphatic heterocycles. The number of amides is 1. The molecule has 5 heteroatoms. The van der Waals surface area contributed by atoms with E-state index in [4.69, 9.17) is 0 Å². The largest absolute Gasteiger partial charge is 0.359 e. The fourth-order valence-corrected chi connectivity index (χ4v) is 4.38. The summed E-state index contributed by atoms with van der Waals surface area (Å²) in [5, 5.41) is 15.9. The second-order valence-corrected chi connectivity index (χ2v) is 8.57. The van der Waals surface area contributed by atoms with Crippen molar-refractivity contribution in [1.29, 1.82) is 5.26 Å². The van der Waals surface area contributed by atoms with E-state index in [9.17, 15) is 10.1 Å². The number of para-hydroxylation sites is 1. The minimum atomic E-state index is -0.444. The van der Waals surface area contributed by atoms with Crippen LogP contribution in [0.5, 0.6) is 0 Å². The molecule has 0 aromatic heterocycles. The molecule has 0 bridgehead atoms. The van der Waals surface area contributed by atoms with E-state index in [0.29, 0.717) is 0 Å². The average Bonchev–Trinajstić information content (AvgIpc) is 2.90. The molecular weight excluding hydrogens is 438 g/mol. The summed E-state index contributed by atoms with van der Waals surface area (Å²) in [7, 11) is 0. The zero-order valence-electron chi connectivity index (χ0n) is 18.4.